The molecular formula is C23H19ClN2O. The lowest BCUT2D eigenvalue weighted by Crippen LogP contribution is -2.36. The highest BCUT2D eigenvalue weighted by Crippen LogP contribution is 2.30. The molecule has 3 aromatic carbocycles. The minimum Gasteiger partial charge on any atom is -0.313 e. The van der Waals surface area contributed by atoms with Crippen LogP contribution in [0.4, 0.5) is 5.69 Å². The first-order valence-corrected chi connectivity index (χ1v) is 9.26. The van der Waals surface area contributed by atoms with E-state index >= 15 is 0 Å². The van der Waals surface area contributed by atoms with Crippen LogP contribution in [-0.4, -0.2) is 24.7 Å². The number of likely N-dealkylation sites (N-methyl/N-ethyl adjacent to an activating group) is 1. The third-order valence-electron chi connectivity index (χ3n) is 4.79. The molecule has 3 aromatic rings. The molecule has 0 radical (unpaired) electrons. The number of amides is 1. The molecule has 1 aliphatic heterocycles. The van der Waals surface area contributed by atoms with Gasteiger partial charge in [0, 0.05) is 29.6 Å². The molecule has 134 valence electrons. The van der Waals surface area contributed by atoms with E-state index in [9.17, 15) is 4.79 Å². The van der Waals surface area contributed by atoms with Gasteiger partial charge in [-0.25, -0.2) is 0 Å². The summed E-state index contributed by atoms with van der Waals surface area (Å²) in [5.41, 5.74) is 4.56. The lowest BCUT2D eigenvalue weighted by molar-refractivity contribution is -0.119. The Kier molecular flexibility index (Phi) is 4.78. The number of hydrogen-bond acceptors (Lipinski definition) is 2. The van der Waals surface area contributed by atoms with Crippen LogP contribution in [0.25, 0.3) is 0 Å². The van der Waals surface area contributed by atoms with Crippen molar-refractivity contribution in [1.29, 1.82) is 0 Å². The average molecular weight is 375 g/mol. The van der Waals surface area contributed by atoms with Gasteiger partial charge >= 0.3 is 0 Å². The maximum Gasteiger partial charge on any atom is 0.251 e. The van der Waals surface area contributed by atoms with Gasteiger partial charge in [-0.05, 0) is 23.8 Å². The van der Waals surface area contributed by atoms with Crippen molar-refractivity contribution in [3.63, 3.8) is 0 Å². The molecule has 4 rings (SSSR count). The van der Waals surface area contributed by atoms with Crippen molar-refractivity contribution >= 4 is 28.9 Å². The molecule has 0 aliphatic carbocycles. The molecule has 3 nitrogen and oxygen atoms in total. The van der Waals surface area contributed by atoms with Crippen LogP contribution in [0.2, 0.25) is 5.02 Å². The van der Waals surface area contributed by atoms with Crippen molar-refractivity contribution < 1.29 is 4.79 Å². The van der Waals surface area contributed by atoms with Crippen molar-refractivity contribution in [2.24, 2.45) is 4.99 Å². The third kappa shape index (κ3) is 3.51. The van der Waals surface area contributed by atoms with Crippen LogP contribution in [0.15, 0.2) is 83.9 Å². The van der Waals surface area contributed by atoms with Crippen LogP contribution in [0, 0.1) is 0 Å². The summed E-state index contributed by atoms with van der Waals surface area (Å²) in [7, 11) is 1.80. The largest absolute Gasteiger partial charge is 0.313 e. The minimum absolute atomic E-state index is 0.0200. The van der Waals surface area contributed by atoms with Gasteiger partial charge in [-0.2, -0.15) is 0 Å². The number of nitrogens with zero attached hydrogens (tertiary/aromatic N) is 2. The number of halogens is 1. The fourth-order valence-corrected chi connectivity index (χ4v) is 3.58. The van der Waals surface area contributed by atoms with Crippen molar-refractivity contribution in [2.75, 3.05) is 11.9 Å². The van der Waals surface area contributed by atoms with Crippen LogP contribution < -0.4 is 4.90 Å². The normalized spacial score (nSPS) is 16.5. The minimum atomic E-state index is -0.487. The molecule has 0 saturated heterocycles. The van der Waals surface area contributed by atoms with Crippen molar-refractivity contribution in [3.05, 3.63) is 101 Å². The molecule has 0 saturated carbocycles. The molecule has 0 bridgehead atoms. The zero-order chi connectivity index (χ0) is 18.8. The Hall–Kier alpha value is -2.91. The number of aliphatic imine (C=N–C) groups is 1. The summed E-state index contributed by atoms with van der Waals surface area (Å²) < 4.78 is 0. The molecule has 4 heteroatoms. The number of carbonyl (C=O) groups is 1. The molecule has 1 atom stereocenters. The number of fused-ring (bicyclic) bond motifs is 1. The quantitative estimate of drug-likeness (QED) is 0.650. The zero-order valence-electron chi connectivity index (χ0n) is 15.0. The first-order valence-electron chi connectivity index (χ1n) is 8.88. The van der Waals surface area contributed by atoms with E-state index in [0.29, 0.717) is 11.4 Å². The van der Waals surface area contributed by atoms with Gasteiger partial charge in [0.25, 0.3) is 5.91 Å². The van der Waals surface area contributed by atoms with Gasteiger partial charge in [-0.15, -0.1) is 0 Å². The van der Waals surface area contributed by atoms with E-state index in [0.717, 1.165) is 28.1 Å². The fourth-order valence-electron chi connectivity index (χ4n) is 3.41. The summed E-state index contributed by atoms with van der Waals surface area (Å²) in [5, 5.41) is 0.625. The van der Waals surface area contributed by atoms with Gasteiger partial charge < -0.3 is 4.90 Å². The highest BCUT2D eigenvalue weighted by molar-refractivity contribution is 6.32. The highest BCUT2D eigenvalue weighted by Gasteiger charge is 2.30. The number of carbonyl (C=O) groups excluding carboxylic acids is 1. The Bertz CT molecular complexity index is 999. The maximum atomic E-state index is 13.2. The topological polar surface area (TPSA) is 32.7 Å². The summed E-state index contributed by atoms with van der Waals surface area (Å²) in [6, 6.07) is 25.0. The van der Waals surface area contributed by atoms with E-state index in [1.165, 1.54) is 0 Å². The van der Waals surface area contributed by atoms with Gasteiger partial charge in [0.05, 0.1) is 11.4 Å². The fraction of sp³-hybridized carbons (Fsp3) is 0.130. The Balaban J connectivity index is 1.87. The second-order valence-electron chi connectivity index (χ2n) is 6.61. The van der Waals surface area contributed by atoms with Crippen molar-refractivity contribution in [1.82, 2.24) is 0 Å². The number of benzene rings is 3. The molecule has 0 fully saturated rings. The molecule has 1 aliphatic rings. The zero-order valence-corrected chi connectivity index (χ0v) is 15.7. The number of benzodiazepines with no additional fused rings is 1. The second-order valence-corrected chi connectivity index (χ2v) is 7.04. The first kappa shape index (κ1) is 17.5. The van der Waals surface area contributed by atoms with E-state index < -0.39 is 6.04 Å². The van der Waals surface area contributed by atoms with Gasteiger partial charge in [-0.1, -0.05) is 72.3 Å². The van der Waals surface area contributed by atoms with Gasteiger partial charge in [0.2, 0.25) is 0 Å². The Morgan fingerprint density at radius 1 is 0.963 bits per heavy atom. The molecule has 0 aromatic heterocycles. The highest BCUT2D eigenvalue weighted by atomic mass is 35.5. The summed E-state index contributed by atoms with van der Waals surface area (Å²) in [4.78, 5) is 19.8. The summed E-state index contributed by atoms with van der Waals surface area (Å²) in [5.74, 6) is -0.0200. The van der Waals surface area contributed by atoms with E-state index in [-0.39, 0.29) is 5.91 Å². The van der Waals surface area contributed by atoms with Crippen LogP contribution in [0.1, 0.15) is 16.7 Å². The predicted octanol–water partition coefficient (Wildman–Crippen LogP) is 4.77. The Morgan fingerprint density at radius 3 is 2.33 bits per heavy atom. The van der Waals surface area contributed by atoms with E-state index in [1.54, 1.807) is 11.9 Å². The molecule has 1 unspecified atom stereocenters. The van der Waals surface area contributed by atoms with Crippen LogP contribution >= 0.6 is 11.6 Å². The van der Waals surface area contributed by atoms with Crippen LogP contribution in [0.5, 0.6) is 0 Å². The standard InChI is InChI=1S/C23H19ClN2O/c1-26-21-13-12-18(24)15-19(21)22(17-10-6-3-7-11-17)25-20(23(26)27)14-16-8-4-2-5-9-16/h2-13,15,20H,14H2,1H3. The number of rotatable bonds is 3. The van der Waals surface area contributed by atoms with Crippen LogP contribution in [0.3, 0.4) is 0 Å². The molecular weight excluding hydrogens is 356 g/mol. The average Bonchev–Trinajstić information content (AvgIpc) is 2.80. The van der Waals surface area contributed by atoms with Gasteiger partial charge in [-0.3, -0.25) is 9.79 Å². The number of anilines is 1. The molecule has 1 heterocycles. The maximum absolute atomic E-state index is 13.2. The van der Waals surface area contributed by atoms with Crippen molar-refractivity contribution in [2.45, 2.75) is 12.5 Å². The molecule has 1 amide bonds. The lowest BCUT2D eigenvalue weighted by atomic mass is 10.00. The SMILES string of the molecule is CN1C(=O)C(Cc2ccccc2)N=C(c2ccccc2)c2cc(Cl)ccc21. The smallest absolute Gasteiger partial charge is 0.251 e. The molecule has 27 heavy (non-hydrogen) atoms. The third-order valence-corrected chi connectivity index (χ3v) is 5.03. The van der Waals surface area contributed by atoms with Gasteiger partial charge in [0.15, 0.2) is 0 Å². The van der Waals surface area contributed by atoms with E-state index in [4.69, 9.17) is 16.6 Å². The summed E-state index contributed by atoms with van der Waals surface area (Å²) in [6.07, 6.45) is 0.558. The lowest BCUT2D eigenvalue weighted by Gasteiger charge is -2.20. The second kappa shape index (κ2) is 7.37. The summed E-state index contributed by atoms with van der Waals surface area (Å²) in [6.45, 7) is 0. The monoisotopic (exact) mass is 374 g/mol. The number of hydrogen-bond donors (Lipinski definition) is 0. The predicted molar refractivity (Wildman–Crippen MR) is 111 cm³/mol. The molecule has 0 spiro atoms. The summed E-state index contributed by atoms with van der Waals surface area (Å²) >= 11 is 6.27. The van der Waals surface area contributed by atoms with Crippen molar-refractivity contribution in [3.8, 4) is 0 Å². The first-order chi connectivity index (χ1) is 13.1. The van der Waals surface area contributed by atoms with E-state index in [2.05, 4.69) is 0 Å². The Labute approximate surface area is 163 Å². The van der Waals surface area contributed by atoms with Crippen LogP contribution in [-0.2, 0) is 11.2 Å². The van der Waals surface area contributed by atoms with E-state index in [1.807, 2.05) is 78.9 Å². The Morgan fingerprint density at radius 2 is 1.63 bits per heavy atom. The molecule has 0 N–H and O–H groups in total. The van der Waals surface area contributed by atoms with Gasteiger partial charge in [0.1, 0.15) is 6.04 Å².